The molecule has 0 aromatic carbocycles. The molecule has 0 spiro atoms. The van der Waals surface area contributed by atoms with Gasteiger partial charge in [0.15, 0.2) is 0 Å². The van der Waals surface area contributed by atoms with Gasteiger partial charge >= 0.3 is 12.0 Å². The van der Waals surface area contributed by atoms with Crippen LogP contribution in [0.1, 0.15) is 44.9 Å². The maximum Gasteiger partial charge on any atom is 0.407 e. The normalized spacial score (nSPS) is 17.4. The minimum atomic E-state index is -2.99. The molecule has 1 amide bonds. The molecule has 25 heavy (non-hydrogen) atoms. The highest BCUT2D eigenvalue weighted by atomic mass is 19.3. The van der Waals surface area contributed by atoms with E-state index in [1.54, 1.807) is 31.7 Å². The van der Waals surface area contributed by atoms with E-state index in [0.29, 0.717) is 25.9 Å². The van der Waals surface area contributed by atoms with Gasteiger partial charge in [-0.25, -0.2) is 4.79 Å². The third-order valence-corrected chi connectivity index (χ3v) is 4.02. The van der Waals surface area contributed by atoms with Crippen LogP contribution in [0.5, 0.6) is 0 Å². The van der Waals surface area contributed by atoms with Gasteiger partial charge in [-0.05, 0) is 52.2 Å². The van der Waals surface area contributed by atoms with Crippen LogP contribution in [0.15, 0.2) is 18.3 Å². The number of carbonyl (C=O) groups excluding carboxylic acids is 1. The highest BCUT2D eigenvalue weighted by Gasteiger charge is 2.36. The Hall–Kier alpha value is -1.76. The van der Waals surface area contributed by atoms with Gasteiger partial charge in [-0.2, -0.15) is 8.78 Å². The minimum Gasteiger partial charge on any atom is -0.444 e. The van der Waals surface area contributed by atoms with Gasteiger partial charge in [0.25, 0.3) is 0 Å². The molecule has 140 valence electrons. The Morgan fingerprint density at radius 3 is 2.48 bits per heavy atom. The van der Waals surface area contributed by atoms with Crippen molar-refractivity contribution in [3.8, 4) is 0 Å². The van der Waals surface area contributed by atoms with E-state index in [1.165, 1.54) is 12.3 Å². The Labute approximate surface area is 147 Å². The minimum absolute atomic E-state index is 0.0442. The summed E-state index contributed by atoms with van der Waals surface area (Å²) in [5.74, 6) is -2.99. The quantitative estimate of drug-likeness (QED) is 0.899. The highest BCUT2D eigenvalue weighted by Crippen LogP contribution is 2.28. The van der Waals surface area contributed by atoms with Crippen LogP contribution in [0.4, 0.5) is 13.6 Å². The number of alkyl carbamates (subject to hydrolysis) is 1. The molecule has 1 saturated heterocycles. The maximum absolute atomic E-state index is 14.4. The number of aryl methyl sites for hydroxylation is 1. The summed E-state index contributed by atoms with van der Waals surface area (Å²) in [6, 6.07) is 2.98. The standard InChI is InChI=1S/C18H27F2N3O2/c1-13-5-6-15(21-11-13)18(19,20)12-23-9-7-14(8-10-23)22-16(24)25-17(2,3)4/h5-6,11,14H,7-10,12H2,1-4H3,(H,22,24). The van der Waals surface area contributed by atoms with Gasteiger partial charge in [-0.15, -0.1) is 0 Å². The molecule has 1 aliphatic rings. The molecule has 0 saturated carbocycles. The molecule has 1 fully saturated rings. The van der Waals surface area contributed by atoms with Gasteiger partial charge in [0, 0.05) is 25.3 Å². The number of piperidine rings is 1. The van der Waals surface area contributed by atoms with Crippen molar-refractivity contribution in [2.45, 2.75) is 58.1 Å². The van der Waals surface area contributed by atoms with E-state index in [2.05, 4.69) is 10.3 Å². The zero-order valence-corrected chi connectivity index (χ0v) is 15.3. The first-order valence-electron chi connectivity index (χ1n) is 8.58. The summed E-state index contributed by atoms with van der Waals surface area (Å²) < 4.78 is 34.0. The van der Waals surface area contributed by atoms with Crippen LogP contribution in [-0.4, -0.2) is 47.3 Å². The molecule has 5 nitrogen and oxygen atoms in total. The SMILES string of the molecule is Cc1ccc(C(F)(F)CN2CCC(NC(=O)OC(C)(C)C)CC2)nc1. The molecule has 0 aliphatic carbocycles. The molecule has 1 aliphatic heterocycles. The summed E-state index contributed by atoms with van der Waals surface area (Å²) >= 11 is 0. The van der Waals surface area contributed by atoms with Gasteiger partial charge < -0.3 is 10.1 Å². The summed E-state index contributed by atoms with van der Waals surface area (Å²) in [5, 5.41) is 2.81. The van der Waals surface area contributed by atoms with Crippen molar-refractivity contribution in [3.05, 3.63) is 29.6 Å². The average Bonchev–Trinajstić information content (AvgIpc) is 2.47. The smallest absolute Gasteiger partial charge is 0.407 e. The zero-order valence-electron chi connectivity index (χ0n) is 15.3. The third-order valence-electron chi connectivity index (χ3n) is 4.02. The van der Waals surface area contributed by atoms with E-state index < -0.39 is 17.6 Å². The molecule has 2 heterocycles. The maximum atomic E-state index is 14.4. The van der Waals surface area contributed by atoms with Gasteiger partial charge in [-0.3, -0.25) is 9.88 Å². The Balaban J connectivity index is 1.82. The second-order valence-corrected chi connectivity index (χ2v) is 7.62. The predicted molar refractivity (Wildman–Crippen MR) is 91.7 cm³/mol. The van der Waals surface area contributed by atoms with Crippen molar-refractivity contribution < 1.29 is 18.3 Å². The molecule has 0 radical (unpaired) electrons. The Morgan fingerprint density at radius 1 is 1.32 bits per heavy atom. The van der Waals surface area contributed by atoms with Crippen LogP contribution >= 0.6 is 0 Å². The molecule has 0 unspecified atom stereocenters. The first-order valence-corrected chi connectivity index (χ1v) is 8.58. The van der Waals surface area contributed by atoms with Crippen LogP contribution in [-0.2, 0) is 10.7 Å². The van der Waals surface area contributed by atoms with Crippen molar-refractivity contribution in [1.82, 2.24) is 15.2 Å². The number of nitrogens with zero attached hydrogens (tertiary/aromatic N) is 2. The molecule has 2 rings (SSSR count). The van der Waals surface area contributed by atoms with Crippen LogP contribution in [0, 0.1) is 6.92 Å². The zero-order chi connectivity index (χ0) is 18.7. The highest BCUT2D eigenvalue weighted by molar-refractivity contribution is 5.68. The topological polar surface area (TPSA) is 54.5 Å². The lowest BCUT2D eigenvalue weighted by Crippen LogP contribution is -2.48. The molecule has 0 atom stereocenters. The van der Waals surface area contributed by atoms with Crippen LogP contribution < -0.4 is 5.32 Å². The lowest BCUT2D eigenvalue weighted by Gasteiger charge is -2.34. The summed E-state index contributed by atoms with van der Waals surface area (Å²) in [6.07, 6.45) is 2.24. The fourth-order valence-corrected chi connectivity index (χ4v) is 2.76. The fourth-order valence-electron chi connectivity index (χ4n) is 2.76. The molecule has 0 bridgehead atoms. The summed E-state index contributed by atoms with van der Waals surface area (Å²) in [4.78, 5) is 17.3. The van der Waals surface area contributed by atoms with Crippen molar-refractivity contribution in [2.24, 2.45) is 0 Å². The Morgan fingerprint density at radius 2 is 1.96 bits per heavy atom. The van der Waals surface area contributed by atoms with E-state index in [0.717, 1.165) is 5.56 Å². The van der Waals surface area contributed by atoms with Crippen molar-refractivity contribution in [2.75, 3.05) is 19.6 Å². The van der Waals surface area contributed by atoms with E-state index in [1.807, 2.05) is 6.92 Å². The largest absolute Gasteiger partial charge is 0.444 e. The second kappa shape index (κ2) is 7.64. The lowest BCUT2D eigenvalue weighted by atomic mass is 10.0. The van der Waals surface area contributed by atoms with Gasteiger partial charge in [0.05, 0.1) is 6.54 Å². The number of nitrogens with one attached hydrogen (secondary N) is 1. The van der Waals surface area contributed by atoms with E-state index >= 15 is 0 Å². The number of halogens is 2. The van der Waals surface area contributed by atoms with E-state index in [-0.39, 0.29) is 18.3 Å². The Kier molecular flexibility index (Phi) is 5.98. The number of ether oxygens (including phenoxy) is 1. The van der Waals surface area contributed by atoms with Crippen molar-refractivity contribution >= 4 is 6.09 Å². The predicted octanol–water partition coefficient (Wildman–Crippen LogP) is 3.47. The molecule has 1 aromatic heterocycles. The molecule has 1 aromatic rings. The third kappa shape index (κ3) is 6.23. The fraction of sp³-hybridized carbons (Fsp3) is 0.667. The number of hydrogen-bond acceptors (Lipinski definition) is 4. The van der Waals surface area contributed by atoms with Gasteiger partial charge in [-0.1, -0.05) is 6.07 Å². The van der Waals surface area contributed by atoms with Gasteiger partial charge in [0.2, 0.25) is 0 Å². The number of likely N-dealkylation sites (tertiary alicyclic amines) is 1. The molecule has 7 heteroatoms. The number of aromatic nitrogens is 1. The number of carbonyl (C=O) groups is 1. The van der Waals surface area contributed by atoms with E-state index in [9.17, 15) is 13.6 Å². The number of hydrogen-bond donors (Lipinski definition) is 1. The van der Waals surface area contributed by atoms with Crippen molar-refractivity contribution in [3.63, 3.8) is 0 Å². The van der Waals surface area contributed by atoms with Gasteiger partial charge in [0.1, 0.15) is 11.3 Å². The molecule has 1 N–H and O–H groups in total. The Bertz CT molecular complexity index is 577. The summed E-state index contributed by atoms with van der Waals surface area (Å²) in [6.45, 7) is 7.87. The summed E-state index contributed by atoms with van der Waals surface area (Å²) in [7, 11) is 0. The van der Waals surface area contributed by atoms with E-state index in [4.69, 9.17) is 4.74 Å². The van der Waals surface area contributed by atoms with Crippen LogP contribution in [0.3, 0.4) is 0 Å². The monoisotopic (exact) mass is 355 g/mol. The number of amides is 1. The number of pyridine rings is 1. The van der Waals surface area contributed by atoms with Crippen molar-refractivity contribution in [1.29, 1.82) is 0 Å². The first kappa shape index (κ1) is 19.6. The van der Waals surface area contributed by atoms with Crippen LogP contribution in [0.2, 0.25) is 0 Å². The summed E-state index contributed by atoms with van der Waals surface area (Å²) in [5.41, 5.74) is 0.106. The van der Waals surface area contributed by atoms with Crippen LogP contribution in [0.25, 0.3) is 0 Å². The molecular weight excluding hydrogens is 328 g/mol. The second-order valence-electron chi connectivity index (χ2n) is 7.62. The lowest BCUT2D eigenvalue weighted by molar-refractivity contribution is -0.0470. The average molecular weight is 355 g/mol. The number of rotatable bonds is 4. The first-order chi connectivity index (χ1) is 11.5. The number of alkyl halides is 2. The molecular formula is C18H27F2N3O2.